The molecule has 1 aliphatic heterocycles. The molecule has 1 aromatic heterocycles. The molecule has 0 saturated heterocycles. The molecule has 0 unspecified atom stereocenters. The maximum atomic E-state index is 12.7. The van der Waals surface area contributed by atoms with Gasteiger partial charge in [-0.2, -0.15) is 0 Å². The molecule has 0 aliphatic carbocycles. The van der Waals surface area contributed by atoms with Gasteiger partial charge < -0.3 is 4.90 Å². The van der Waals surface area contributed by atoms with Crippen LogP contribution >= 0.6 is 0 Å². The summed E-state index contributed by atoms with van der Waals surface area (Å²) in [7, 11) is 0. The van der Waals surface area contributed by atoms with Crippen LogP contribution in [0.4, 0.5) is 0 Å². The second-order valence-corrected chi connectivity index (χ2v) is 7.52. The maximum absolute atomic E-state index is 12.7. The van der Waals surface area contributed by atoms with E-state index < -0.39 is 0 Å². The van der Waals surface area contributed by atoms with Crippen LogP contribution in [0.15, 0.2) is 72.9 Å². The number of rotatable bonds is 5. The number of benzene rings is 2. The van der Waals surface area contributed by atoms with Crippen molar-refractivity contribution in [2.24, 2.45) is 0 Å². The predicted molar refractivity (Wildman–Crippen MR) is 115 cm³/mol. The average Bonchev–Trinajstić information content (AvgIpc) is 2.74. The van der Waals surface area contributed by atoms with Gasteiger partial charge in [0.2, 0.25) is 0 Å². The zero-order valence-corrected chi connectivity index (χ0v) is 16.7. The van der Waals surface area contributed by atoms with Gasteiger partial charge in [0.05, 0.1) is 0 Å². The van der Waals surface area contributed by atoms with Crippen molar-refractivity contribution in [3.05, 3.63) is 107 Å². The van der Waals surface area contributed by atoms with Crippen LogP contribution in [0.2, 0.25) is 0 Å². The van der Waals surface area contributed by atoms with Crippen LogP contribution < -0.4 is 0 Å². The van der Waals surface area contributed by atoms with Crippen molar-refractivity contribution in [3.63, 3.8) is 0 Å². The molecule has 29 heavy (non-hydrogen) atoms. The topological polar surface area (TPSA) is 46.1 Å². The summed E-state index contributed by atoms with van der Waals surface area (Å²) in [4.78, 5) is 23.8. The third-order valence-corrected chi connectivity index (χ3v) is 5.11. The molecule has 0 radical (unpaired) electrons. The van der Waals surface area contributed by atoms with Gasteiger partial charge in [-0.25, -0.2) is 9.97 Å². The lowest BCUT2D eigenvalue weighted by Crippen LogP contribution is -2.33. The first-order valence-electron chi connectivity index (χ1n) is 10.1. The van der Waals surface area contributed by atoms with Gasteiger partial charge in [0.15, 0.2) is 0 Å². The molecule has 1 amide bonds. The molecule has 1 aliphatic rings. The number of aromatic nitrogens is 2. The van der Waals surface area contributed by atoms with Crippen molar-refractivity contribution in [3.8, 4) is 0 Å². The van der Waals surface area contributed by atoms with Gasteiger partial charge >= 0.3 is 0 Å². The second-order valence-electron chi connectivity index (χ2n) is 7.52. The van der Waals surface area contributed by atoms with E-state index in [0.717, 1.165) is 42.0 Å². The first-order chi connectivity index (χ1) is 14.2. The molecule has 4 nitrogen and oxygen atoms in total. The van der Waals surface area contributed by atoms with Crippen LogP contribution in [0.3, 0.4) is 0 Å². The molecule has 3 aromatic rings. The summed E-state index contributed by atoms with van der Waals surface area (Å²) in [6.07, 6.45) is 8.33. The highest BCUT2D eigenvalue weighted by atomic mass is 16.2. The van der Waals surface area contributed by atoms with E-state index in [0.29, 0.717) is 13.0 Å². The van der Waals surface area contributed by atoms with E-state index in [2.05, 4.69) is 48.3 Å². The SMILES string of the molecule is Cc1cccc(Cc2ccnc(Cc3cccc(C(=O)N4CC=CCC4)c3)n2)c1. The largest absolute Gasteiger partial charge is 0.335 e. The van der Waals surface area contributed by atoms with E-state index in [-0.39, 0.29) is 5.91 Å². The number of aryl methyl sites for hydroxylation is 1. The fourth-order valence-corrected chi connectivity index (χ4v) is 3.66. The van der Waals surface area contributed by atoms with E-state index in [1.807, 2.05) is 41.4 Å². The fraction of sp³-hybridized carbons (Fsp3) is 0.240. The predicted octanol–water partition coefficient (Wildman–Crippen LogP) is 4.37. The van der Waals surface area contributed by atoms with Crippen LogP contribution in [0.1, 0.15) is 45.0 Å². The second kappa shape index (κ2) is 8.82. The van der Waals surface area contributed by atoms with Crippen molar-refractivity contribution in [2.45, 2.75) is 26.2 Å². The summed E-state index contributed by atoms with van der Waals surface area (Å²) in [6, 6.07) is 18.3. The molecular formula is C25H25N3O. The quantitative estimate of drug-likeness (QED) is 0.615. The fourth-order valence-electron chi connectivity index (χ4n) is 3.66. The summed E-state index contributed by atoms with van der Waals surface area (Å²) >= 11 is 0. The molecule has 0 atom stereocenters. The number of hydrogen-bond acceptors (Lipinski definition) is 3. The molecule has 0 spiro atoms. The summed E-state index contributed by atoms with van der Waals surface area (Å²) in [5.74, 6) is 0.867. The molecular weight excluding hydrogens is 358 g/mol. The van der Waals surface area contributed by atoms with Crippen molar-refractivity contribution in [1.29, 1.82) is 0 Å². The molecule has 0 N–H and O–H groups in total. The summed E-state index contributed by atoms with van der Waals surface area (Å²) in [5.41, 5.74) is 5.29. The minimum Gasteiger partial charge on any atom is -0.335 e. The normalized spacial score (nSPS) is 13.5. The highest BCUT2D eigenvalue weighted by Crippen LogP contribution is 2.14. The summed E-state index contributed by atoms with van der Waals surface area (Å²) < 4.78 is 0. The van der Waals surface area contributed by atoms with Crippen LogP contribution in [-0.2, 0) is 12.8 Å². The van der Waals surface area contributed by atoms with E-state index in [4.69, 9.17) is 4.98 Å². The van der Waals surface area contributed by atoms with Crippen LogP contribution in [0.5, 0.6) is 0 Å². The minimum atomic E-state index is 0.0883. The third-order valence-electron chi connectivity index (χ3n) is 5.11. The Kier molecular flexibility index (Phi) is 5.80. The van der Waals surface area contributed by atoms with Crippen molar-refractivity contribution in [1.82, 2.24) is 14.9 Å². The monoisotopic (exact) mass is 383 g/mol. The van der Waals surface area contributed by atoms with Gasteiger partial charge in [-0.3, -0.25) is 4.79 Å². The third kappa shape index (κ3) is 4.96. The van der Waals surface area contributed by atoms with Gasteiger partial charge in [-0.15, -0.1) is 0 Å². The van der Waals surface area contributed by atoms with Crippen molar-refractivity contribution >= 4 is 5.91 Å². The highest BCUT2D eigenvalue weighted by molar-refractivity contribution is 5.94. The van der Waals surface area contributed by atoms with Crippen molar-refractivity contribution in [2.75, 3.05) is 13.1 Å². The molecule has 4 heteroatoms. The lowest BCUT2D eigenvalue weighted by Gasteiger charge is -2.23. The van der Waals surface area contributed by atoms with Gasteiger partial charge in [-0.05, 0) is 42.7 Å². The minimum absolute atomic E-state index is 0.0883. The lowest BCUT2D eigenvalue weighted by atomic mass is 10.1. The van der Waals surface area contributed by atoms with Crippen LogP contribution in [0, 0.1) is 6.92 Å². The Morgan fingerprint density at radius 2 is 1.83 bits per heavy atom. The Morgan fingerprint density at radius 3 is 2.62 bits per heavy atom. The Hall–Kier alpha value is -3.27. The Balaban J connectivity index is 1.48. The Labute approximate surface area is 171 Å². The lowest BCUT2D eigenvalue weighted by molar-refractivity contribution is 0.0771. The highest BCUT2D eigenvalue weighted by Gasteiger charge is 2.16. The standard InChI is InChI=1S/C25H25N3O/c1-19-7-5-8-20(15-19)17-23-11-12-26-24(27-23)18-21-9-6-10-22(16-21)25(29)28-13-3-2-4-14-28/h2-3,5-12,15-16H,4,13-14,17-18H2,1H3. The van der Waals surface area contributed by atoms with Crippen molar-refractivity contribution < 1.29 is 4.79 Å². The molecule has 0 fully saturated rings. The Morgan fingerprint density at radius 1 is 1.00 bits per heavy atom. The van der Waals surface area contributed by atoms with E-state index >= 15 is 0 Å². The van der Waals surface area contributed by atoms with E-state index in [1.165, 1.54) is 11.1 Å². The van der Waals surface area contributed by atoms with Gasteiger partial charge in [0.25, 0.3) is 5.91 Å². The smallest absolute Gasteiger partial charge is 0.254 e. The van der Waals surface area contributed by atoms with E-state index in [9.17, 15) is 4.79 Å². The van der Waals surface area contributed by atoms with Crippen LogP contribution in [-0.4, -0.2) is 33.9 Å². The number of hydrogen-bond donors (Lipinski definition) is 0. The molecule has 0 bridgehead atoms. The summed E-state index contributed by atoms with van der Waals surface area (Å²) in [6.45, 7) is 3.57. The zero-order valence-electron chi connectivity index (χ0n) is 16.7. The van der Waals surface area contributed by atoms with E-state index in [1.54, 1.807) is 0 Å². The molecule has 4 rings (SSSR count). The molecule has 2 aromatic carbocycles. The zero-order chi connectivity index (χ0) is 20.1. The summed E-state index contributed by atoms with van der Waals surface area (Å²) in [5, 5.41) is 0. The number of carbonyl (C=O) groups excluding carboxylic acids is 1. The van der Waals surface area contributed by atoms with Gasteiger partial charge in [-0.1, -0.05) is 54.1 Å². The first kappa shape index (κ1) is 19.1. The van der Waals surface area contributed by atoms with Crippen LogP contribution in [0.25, 0.3) is 0 Å². The molecule has 0 saturated carbocycles. The number of amides is 1. The molecule has 2 heterocycles. The number of carbonyl (C=O) groups is 1. The molecule has 146 valence electrons. The maximum Gasteiger partial charge on any atom is 0.254 e. The average molecular weight is 383 g/mol. The first-order valence-corrected chi connectivity index (χ1v) is 10.1. The van der Waals surface area contributed by atoms with Gasteiger partial charge in [0.1, 0.15) is 5.82 Å². The Bertz CT molecular complexity index is 1040. The van der Waals surface area contributed by atoms with Gasteiger partial charge in [0, 0.05) is 43.4 Å². The number of nitrogens with zero attached hydrogens (tertiary/aromatic N) is 3.